The fraction of sp³-hybridized carbons (Fsp3) is 0.375. The summed E-state index contributed by atoms with van der Waals surface area (Å²) >= 11 is 5.54. The highest BCUT2D eigenvalue weighted by Crippen LogP contribution is 2.34. The number of sulfonamides is 1. The van der Waals surface area contributed by atoms with Gasteiger partial charge in [0.2, 0.25) is 0 Å². The predicted octanol–water partition coefficient (Wildman–Crippen LogP) is 1.66. The van der Waals surface area contributed by atoms with Crippen molar-refractivity contribution >= 4 is 55.0 Å². The van der Waals surface area contributed by atoms with Crippen molar-refractivity contribution in [1.29, 1.82) is 0 Å². The zero-order chi connectivity index (χ0) is 12.6. The van der Waals surface area contributed by atoms with Crippen LogP contribution in [0.25, 0.3) is 0 Å². The number of carboxylic acid groups (broad SMARTS) is 1. The highest BCUT2D eigenvalue weighted by molar-refractivity contribution is 9.10. The Bertz CT molecular complexity index is 541. The number of carboxylic acids is 1. The van der Waals surface area contributed by atoms with Crippen LogP contribution in [-0.2, 0) is 14.8 Å². The van der Waals surface area contributed by atoms with Crippen LogP contribution in [0, 0.1) is 0 Å². The third-order valence-corrected chi connectivity index (χ3v) is 7.93. The summed E-state index contributed by atoms with van der Waals surface area (Å²) in [5, 5.41) is 10.6. The first-order valence-corrected chi connectivity index (χ1v) is 8.76. The van der Waals surface area contributed by atoms with E-state index < -0.39 is 22.0 Å². The van der Waals surface area contributed by atoms with Crippen molar-refractivity contribution < 1.29 is 18.3 Å². The third-order valence-electron chi connectivity index (χ3n) is 2.25. The number of aliphatic carboxylic acids is 1. The first-order valence-electron chi connectivity index (χ1n) is 4.50. The summed E-state index contributed by atoms with van der Waals surface area (Å²) < 4.78 is 26.2. The molecule has 1 N–H and O–H groups in total. The molecule has 5 nitrogen and oxygen atoms in total. The molecule has 0 unspecified atom stereocenters. The van der Waals surface area contributed by atoms with Crippen LogP contribution in [0.2, 0.25) is 0 Å². The molecule has 9 heteroatoms. The van der Waals surface area contributed by atoms with Crippen LogP contribution in [-0.4, -0.2) is 41.5 Å². The maximum atomic E-state index is 12.3. The number of nitrogens with zero attached hydrogens (tertiary/aromatic N) is 1. The van der Waals surface area contributed by atoms with Gasteiger partial charge in [0.05, 0.1) is 5.88 Å². The van der Waals surface area contributed by atoms with Gasteiger partial charge >= 0.3 is 5.97 Å². The summed E-state index contributed by atoms with van der Waals surface area (Å²) in [5.41, 5.74) is 0. The van der Waals surface area contributed by atoms with E-state index >= 15 is 0 Å². The molecule has 0 radical (unpaired) electrons. The number of hydrogen-bond acceptors (Lipinski definition) is 5. The molecule has 0 aliphatic carbocycles. The molecule has 0 amide bonds. The van der Waals surface area contributed by atoms with E-state index in [4.69, 9.17) is 5.11 Å². The molecule has 2 rings (SSSR count). The van der Waals surface area contributed by atoms with Crippen molar-refractivity contribution in [2.24, 2.45) is 0 Å². The normalized spacial score (nSPS) is 21.8. The first-order chi connectivity index (χ1) is 7.94. The lowest BCUT2D eigenvalue weighted by Crippen LogP contribution is -2.41. The molecule has 94 valence electrons. The van der Waals surface area contributed by atoms with Gasteiger partial charge in [-0.25, -0.2) is 8.42 Å². The zero-order valence-electron chi connectivity index (χ0n) is 8.37. The number of rotatable bonds is 3. The van der Waals surface area contributed by atoms with Crippen molar-refractivity contribution in [3.05, 3.63) is 15.9 Å². The largest absolute Gasteiger partial charge is 0.480 e. The maximum absolute atomic E-state index is 12.3. The first kappa shape index (κ1) is 13.3. The second kappa shape index (κ2) is 4.88. The lowest BCUT2D eigenvalue weighted by molar-refractivity contribution is -0.140. The van der Waals surface area contributed by atoms with Crippen LogP contribution in [0.3, 0.4) is 0 Å². The summed E-state index contributed by atoms with van der Waals surface area (Å²) in [6.07, 6.45) is 0. The summed E-state index contributed by atoms with van der Waals surface area (Å²) in [4.78, 5) is 11.0. The lowest BCUT2D eigenvalue weighted by atomic mass is 10.4. The van der Waals surface area contributed by atoms with Crippen molar-refractivity contribution in [3.8, 4) is 0 Å². The predicted molar refractivity (Wildman–Crippen MR) is 69.8 cm³/mol. The Labute approximate surface area is 115 Å². The maximum Gasteiger partial charge on any atom is 0.322 e. The zero-order valence-corrected chi connectivity index (χ0v) is 12.4. The smallest absolute Gasteiger partial charge is 0.322 e. The average Bonchev–Trinajstić information content (AvgIpc) is 2.84. The Balaban J connectivity index is 2.40. The fourth-order valence-electron chi connectivity index (χ4n) is 1.43. The second-order valence-electron chi connectivity index (χ2n) is 3.30. The molecular formula is C8H8BrNO4S3. The van der Waals surface area contributed by atoms with E-state index in [-0.39, 0.29) is 15.8 Å². The van der Waals surface area contributed by atoms with Gasteiger partial charge in [0, 0.05) is 10.2 Å². The van der Waals surface area contributed by atoms with Crippen LogP contribution < -0.4 is 0 Å². The molecule has 0 saturated carbocycles. The molecule has 1 atom stereocenters. The highest BCUT2D eigenvalue weighted by atomic mass is 79.9. The Kier molecular flexibility index (Phi) is 3.83. The van der Waals surface area contributed by atoms with Gasteiger partial charge in [-0.15, -0.1) is 23.1 Å². The monoisotopic (exact) mass is 357 g/mol. The molecule has 0 bridgehead atoms. The third kappa shape index (κ3) is 2.39. The summed E-state index contributed by atoms with van der Waals surface area (Å²) in [5.74, 6) is -0.632. The summed E-state index contributed by atoms with van der Waals surface area (Å²) in [6.45, 7) is 0. The fourth-order valence-corrected chi connectivity index (χ4v) is 6.99. The van der Waals surface area contributed by atoms with E-state index in [1.165, 1.54) is 11.8 Å². The second-order valence-corrected chi connectivity index (χ2v) is 8.16. The van der Waals surface area contributed by atoms with Crippen LogP contribution in [0.4, 0.5) is 0 Å². The van der Waals surface area contributed by atoms with Gasteiger partial charge in [0.15, 0.2) is 0 Å². The number of thioether (sulfide) groups is 1. The van der Waals surface area contributed by atoms with Gasteiger partial charge in [-0.2, -0.15) is 4.31 Å². The Morgan fingerprint density at radius 3 is 2.82 bits per heavy atom. The minimum Gasteiger partial charge on any atom is -0.480 e. The van der Waals surface area contributed by atoms with E-state index in [9.17, 15) is 13.2 Å². The van der Waals surface area contributed by atoms with Crippen LogP contribution >= 0.6 is 39.0 Å². The van der Waals surface area contributed by atoms with Gasteiger partial charge in [0.25, 0.3) is 10.0 Å². The molecule has 0 aromatic carbocycles. The van der Waals surface area contributed by atoms with Gasteiger partial charge in [-0.05, 0) is 27.4 Å². The minimum absolute atomic E-state index is 0.159. The quantitative estimate of drug-likeness (QED) is 0.890. The van der Waals surface area contributed by atoms with E-state index in [1.54, 1.807) is 11.4 Å². The number of halogens is 1. The molecular weight excluding hydrogens is 350 g/mol. The SMILES string of the molecule is O=C(O)[C@@H]1CSCN1S(=O)(=O)c1sccc1Br. The van der Waals surface area contributed by atoms with Crippen LogP contribution in [0.5, 0.6) is 0 Å². The molecule has 0 spiro atoms. The Morgan fingerprint density at radius 1 is 1.59 bits per heavy atom. The molecule has 1 aliphatic rings. The van der Waals surface area contributed by atoms with Crippen LogP contribution in [0.1, 0.15) is 0 Å². The van der Waals surface area contributed by atoms with Crippen molar-refractivity contribution in [1.82, 2.24) is 4.31 Å². The molecule has 1 fully saturated rings. The number of thiophene rings is 1. The standard InChI is InChI=1S/C8H8BrNO4S3/c9-5-1-2-16-8(5)17(13,14)10-4-15-3-6(10)7(11)12/h1-2,6H,3-4H2,(H,11,12)/t6-/m0/s1. The van der Waals surface area contributed by atoms with Gasteiger partial charge in [-0.3, -0.25) is 4.79 Å². The molecule has 2 heterocycles. The van der Waals surface area contributed by atoms with E-state index in [0.29, 0.717) is 4.47 Å². The van der Waals surface area contributed by atoms with E-state index in [1.807, 2.05) is 0 Å². The Hall–Kier alpha value is -0.0900. The van der Waals surface area contributed by atoms with Gasteiger partial charge < -0.3 is 5.11 Å². The average molecular weight is 358 g/mol. The minimum atomic E-state index is -3.72. The number of carbonyl (C=O) groups is 1. The van der Waals surface area contributed by atoms with Crippen molar-refractivity contribution in [2.75, 3.05) is 11.6 Å². The van der Waals surface area contributed by atoms with Crippen molar-refractivity contribution in [3.63, 3.8) is 0 Å². The number of hydrogen-bond donors (Lipinski definition) is 1. The lowest BCUT2D eigenvalue weighted by Gasteiger charge is -2.19. The summed E-state index contributed by atoms with van der Waals surface area (Å²) in [6, 6.07) is 0.662. The highest BCUT2D eigenvalue weighted by Gasteiger charge is 2.41. The summed E-state index contributed by atoms with van der Waals surface area (Å²) in [7, 11) is -3.72. The molecule has 1 aliphatic heterocycles. The molecule has 1 aromatic heterocycles. The van der Waals surface area contributed by atoms with Gasteiger partial charge in [0.1, 0.15) is 10.3 Å². The van der Waals surface area contributed by atoms with Crippen molar-refractivity contribution in [2.45, 2.75) is 10.3 Å². The molecule has 17 heavy (non-hydrogen) atoms. The van der Waals surface area contributed by atoms with Gasteiger partial charge in [-0.1, -0.05) is 0 Å². The molecule has 1 aromatic rings. The van der Waals surface area contributed by atoms with E-state index in [0.717, 1.165) is 15.6 Å². The van der Waals surface area contributed by atoms with E-state index in [2.05, 4.69) is 15.9 Å². The topological polar surface area (TPSA) is 74.7 Å². The Morgan fingerprint density at radius 2 is 2.29 bits per heavy atom. The van der Waals surface area contributed by atoms with Crippen LogP contribution in [0.15, 0.2) is 20.1 Å². The molecule has 1 saturated heterocycles.